The predicted octanol–water partition coefficient (Wildman–Crippen LogP) is 2.45. The molecule has 0 atom stereocenters. The zero-order chi connectivity index (χ0) is 17.7. The van der Waals surface area contributed by atoms with Crippen molar-refractivity contribution in [3.05, 3.63) is 74.3 Å². The first kappa shape index (κ1) is 17.3. The van der Waals surface area contributed by atoms with E-state index in [0.717, 1.165) is 23.8 Å². The lowest BCUT2D eigenvalue weighted by Gasteiger charge is -2.08. The van der Waals surface area contributed by atoms with E-state index in [1.807, 2.05) is 0 Å². The monoisotopic (exact) mass is 352 g/mol. The third kappa shape index (κ3) is 4.26. The van der Waals surface area contributed by atoms with Crippen LogP contribution in [0.5, 0.6) is 5.75 Å². The van der Waals surface area contributed by atoms with Gasteiger partial charge in [0.2, 0.25) is 0 Å². The van der Waals surface area contributed by atoms with E-state index in [9.17, 15) is 28.6 Å². The molecule has 0 bridgehead atoms. The van der Waals surface area contributed by atoms with Gasteiger partial charge in [-0.1, -0.05) is 30.3 Å². The van der Waals surface area contributed by atoms with E-state index in [1.165, 1.54) is 0 Å². The lowest BCUT2D eigenvalue weighted by atomic mass is 10.2. The third-order valence-electron chi connectivity index (χ3n) is 3.06. The number of nitro groups is 2. The number of benzene rings is 2. The quantitative estimate of drug-likeness (QED) is 0.425. The number of nitrogens with zero attached hydrogens (tertiary/aromatic N) is 2. The molecule has 9 nitrogen and oxygen atoms in total. The van der Waals surface area contributed by atoms with E-state index < -0.39 is 42.8 Å². The lowest BCUT2D eigenvalue weighted by Crippen LogP contribution is -2.17. The van der Waals surface area contributed by atoms with Crippen LogP contribution in [0.25, 0.3) is 0 Å². The Morgan fingerprint density at radius 2 is 1.42 bits per heavy atom. The number of hydrogen-bond donors (Lipinski definition) is 0. The Bertz CT molecular complexity index is 834. The molecule has 0 N–H and O–H groups in total. The molecule has 2 aromatic carbocycles. The van der Waals surface area contributed by atoms with Crippen LogP contribution in [0.4, 0.5) is 11.4 Å². The highest BCUT2D eigenvalue weighted by Crippen LogP contribution is 2.37. The van der Waals surface area contributed by atoms with Gasteiger partial charge in [-0.2, -0.15) is 8.42 Å². The molecule has 0 amide bonds. The molecule has 0 radical (unpaired) electrons. The maximum Gasteiger partial charge on any atom is 0.319 e. The third-order valence-corrected chi connectivity index (χ3v) is 4.19. The van der Waals surface area contributed by atoms with Gasteiger partial charge in [0.1, 0.15) is 0 Å². The van der Waals surface area contributed by atoms with Crippen LogP contribution in [0.2, 0.25) is 0 Å². The normalized spacial score (nSPS) is 11.0. The smallest absolute Gasteiger partial charge is 0.319 e. The van der Waals surface area contributed by atoms with Gasteiger partial charge in [0.25, 0.3) is 5.75 Å². The van der Waals surface area contributed by atoms with Crippen LogP contribution in [0.3, 0.4) is 0 Å². The van der Waals surface area contributed by atoms with Crippen LogP contribution in [0.15, 0.2) is 48.5 Å². The lowest BCUT2D eigenvalue weighted by molar-refractivity contribution is -0.395. The molecule has 0 saturated heterocycles. The fourth-order valence-corrected chi connectivity index (χ4v) is 2.94. The minimum absolute atomic E-state index is 0.109. The Morgan fingerprint density at radius 3 is 1.92 bits per heavy atom. The average molecular weight is 352 g/mol. The molecule has 0 spiro atoms. The molecule has 0 saturated carbocycles. The summed E-state index contributed by atoms with van der Waals surface area (Å²) < 4.78 is 28.8. The summed E-state index contributed by atoms with van der Waals surface area (Å²) in [5, 5.41) is 21.9. The van der Waals surface area contributed by atoms with Crippen LogP contribution in [-0.2, 0) is 16.5 Å². The fourth-order valence-electron chi connectivity index (χ4n) is 1.94. The van der Waals surface area contributed by atoms with Gasteiger partial charge in [0, 0.05) is 12.1 Å². The van der Waals surface area contributed by atoms with E-state index in [2.05, 4.69) is 0 Å². The summed E-state index contributed by atoms with van der Waals surface area (Å²) in [4.78, 5) is 20.1. The number of nitro benzene ring substituents is 2. The Balaban J connectivity index is 2.28. The zero-order valence-corrected chi connectivity index (χ0v) is 13.0. The molecule has 10 heteroatoms. The van der Waals surface area contributed by atoms with Gasteiger partial charge in [-0.3, -0.25) is 20.2 Å². The molecule has 126 valence electrons. The largest absolute Gasteiger partial charge is 0.367 e. The molecule has 0 aliphatic carbocycles. The second-order valence-electron chi connectivity index (χ2n) is 4.72. The number of rotatable bonds is 7. The molecule has 0 fully saturated rings. The number of aryl methyl sites for hydroxylation is 1. The van der Waals surface area contributed by atoms with Gasteiger partial charge in [-0.05, 0) is 18.1 Å². The molecule has 0 heterocycles. The van der Waals surface area contributed by atoms with Crippen LogP contribution < -0.4 is 4.18 Å². The van der Waals surface area contributed by atoms with E-state index in [0.29, 0.717) is 0 Å². The van der Waals surface area contributed by atoms with E-state index in [-0.39, 0.29) is 6.42 Å². The summed E-state index contributed by atoms with van der Waals surface area (Å²) in [6, 6.07) is 11.6. The van der Waals surface area contributed by atoms with Crippen molar-refractivity contribution in [2.24, 2.45) is 0 Å². The highest BCUT2D eigenvalue weighted by atomic mass is 32.2. The standard InChI is InChI=1S/C14H12N2O7S/c17-15(18)12-7-4-8-13(16(19)20)14(12)23-24(21,22)10-9-11-5-2-1-3-6-11/h1-8H,9-10H2. The molecular formula is C14H12N2O7S. The van der Waals surface area contributed by atoms with Gasteiger partial charge in [-0.15, -0.1) is 0 Å². The molecular weight excluding hydrogens is 340 g/mol. The van der Waals surface area contributed by atoms with Crippen molar-refractivity contribution in [2.45, 2.75) is 6.42 Å². The first-order valence-electron chi connectivity index (χ1n) is 6.68. The highest BCUT2D eigenvalue weighted by Gasteiger charge is 2.30. The van der Waals surface area contributed by atoms with Gasteiger partial charge in [0.05, 0.1) is 15.6 Å². The van der Waals surface area contributed by atoms with Crippen molar-refractivity contribution in [2.75, 3.05) is 5.75 Å². The number of para-hydroxylation sites is 1. The Kier molecular flexibility index (Phi) is 5.09. The Hall–Kier alpha value is -3.01. The summed E-state index contributed by atoms with van der Waals surface area (Å²) in [5.41, 5.74) is -0.846. The van der Waals surface area contributed by atoms with E-state index in [4.69, 9.17) is 4.18 Å². The molecule has 0 aliphatic heterocycles. The topological polar surface area (TPSA) is 130 Å². The minimum atomic E-state index is -4.25. The van der Waals surface area contributed by atoms with E-state index in [1.54, 1.807) is 30.3 Å². The van der Waals surface area contributed by atoms with Crippen molar-refractivity contribution in [1.29, 1.82) is 0 Å². The highest BCUT2D eigenvalue weighted by molar-refractivity contribution is 7.87. The molecule has 0 unspecified atom stereocenters. The Labute approximate surface area is 136 Å². The maximum atomic E-state index is 12.1. The summed E-state index contributed by atoms with van der Waals surface area (Å²) in [7, 11) is -4.25. The second kappa shape index (κ2) is 7.04. The van der Waals surface area contributed by atoms with Crippen molar-refractivity contribution < 1.29 is 22.4 Å². The van der Waals surface area contributed by atoms with E-state index >= 15 is 0 Å². The molecule has 2 rings (SSSR count). The van der Waals surface area contributed by atoms with Gasteiger partial charge in [-0.25, -0.2) is 0 Å². The molecule has 0 aliphatic rings. The molecule has 24 heavy (non-hydrogen) atoms. The summed E-state index contributed by atoms with van der Waals surface area (Å²) in [5.74, 6) is -1.36. The summed E-state index contributed by atoms with van der Waals surface area (Å²) in [6.07, 6.45) is 0.109. The van der Waals surface area contributed by atoms with Crippen LogP contribution in [0, 0.1) is 20.2 Å². The van der Waals surface area contributed by atoms with Crippen molar-refractivity contribution in [3.8, 4) is 5.75 Å². The number of hydrogen-bond acceptors (Lipinski definition) is 7. The fraction of sp³-hybridized carbons (Fsp3) is 0.143. The average Bonchev–Trinajstić information content (AvgIpc) is 2.53. The predicted molar refractivity (Wildman–Crippen MR) is 84.3 cm³/mol. The SMILES string of the molecule is O=[N+]([O-])c1cccc([N+](=O)[O-])c1OS(=O)(=O)CCc1ccccc1. The Morgan fingerprint density at radius 1 is 0.875 bits per heavy atom. The second-order valence-corrected chi connectivity index (χ2v) is 6.41. The maximum absolute atomic E-state index is 12.1. The summed E-state index contributed by atoms with van der Waals surface area (Å²) >= 11 is 0. The van der Waals surface area contributed by atoms with Gasteiger partial charge >= 0.3 is 21.5 Å². The van der Waals surface area contributed by atoms with Crippen molar-refractivity contribution >= 4 is 21.5 Å². The van der Waals surface area contributed by atoms with Crippen LogP contribution in [-0.4, -0.2) is 24.0 Å². The van der Waals surface area contributed by atoms with Gasteiger partial charge in [0.15, 0.2) is 0 Å². The minimum Gasteiger partial charge on any atom is -0.367 e. The van der Waals surface area contributed by atoms with Crippen molar-refractivity contribution in [1.82, 2.24) is 0 Å². The van der Waals surface area contributed by atoms with Gasteiger partial charge < -0.3 is 4.18 Å². The first-order valence-corrected chi connectivity index (χ1v) is 8.26. The van der Waals surface area contributed by atoms with Crippen LogP contribution >= 0.6 is 0 Å². The molecule has 2 aromatic rings. The zero-order valence-electron chi connectivity index (χ0n) is 12.2. The first-order chi connectivity index (χ1) is 11.3. The van der Waals surface area contributed by atoms with Crippen molar-refractivity contribution in [3.63, 3.8) is 0 Å². The van der Waals surface area contributed by atoms with Crippen LogP contribution in [0.1, 0.15) is 5.56 Å². The summed E-state index contributed by atoms with van der Waals surface area (Å²) in [6.45, 7) is 0. The molecule has 0 aromatic heterocycles.